The molecule has 5 heteroatoms. The number of hydrogen-bond donors (Lipinski definition) is 0. The molecule has 0 amide bonds. The Labute approximate surface area is 167 Å². The van der Waals surface area contributed by atoms with Crippen LogP contribution in [0.15, 0.2) is 66.7 Å². The molecule has 0 aliphatic carbocycles. The normalized spacial score (nSPS) is 10.9. The van der Waals surface area contributed by atoms with Gasteiger partial charge in [-0.15, -0.1) is 13.2 Å². The van der Waals surface area contributed by atoms with Crippen LogP contribution in [-0.2, 0) is 6.42 Å². The van der Waals surface area contributed by atoms with Crippen molar-refractivity contribution in [2.75, 3.05) is 0 Å². The Balaban J connectivity index is 1.72. The molecule has 0 N–H and O–H groups in total. The van der Waals surface area contributed by atoms with Crippen molar-refractivity contribution in [2.45, 2.75) is 26.1 Å². The topological polar surface area (TPSA) is 9.23 Å². The van der Waals surface area contributed by atoms with E-state index in [2.05, 4.69) is 23.5 Å². The molecule has 3 rings (SSSR count). The van der Waals surface area contributed by atoms with Crippen molar-refractivity contribution in [3.63, 3.8) is 0 Å². The number of ether oxygens (including phenoxy) is 1. The first-order valence-corrected chi connectivity index (χ1v) is 9.11. The fraction of sp³-hybridized carbons (Fsp3) is 0.167. The first kappa shape index (κ1) is 20.5. The highest BCUT2D eigenvalue weighted by Gasteiger charge is 2.30. The highest BCUT2D eigenvalue weighted by atomic mass is 19.4. The lowest BCUT2D eigenvalue weighted by molar-refractivity contribution is -0.274. The zero-order valence-corrected chi connectivity index (χ0v) is 15.7. The number of hydrogen-bond acceptors (Lipinski definition) is 1. The van der Waals surface area contributed by atoms with Crippen LogP contribution < -0.4 is 4.74 Å². The second kappa shape index (κ2) is 8.83. The van der Waals surface area contributed by atoms with Crippen LogP contribution in [0.4, 0.5) is 17.6 Å². The Bertz CT molecular complexity index is 1020. The van der Waals surface area contributed by atoms with Gasteiger partial charge in [0, 0.05) is 16.7 Å². The predicted molar refractivity (Wildman–Crippen MR) is 105 cm³/mol. The molecule has 0 atom stereocenters. The molecule has 1 nitrogen and oxygen atoms in total. The van der Waals surface area contributed by atoms with Crippen LogP contribution in [0.3, 0.4) is 0 Å². The monoisotopic (exact) mass is 398 g/mol. The lowest BCUT2D eigenvalue weighted by Crippen LogP contribution is -2.16. The summed E-state index contributed by atoms with van der Waals surface area (Å²) in [7, 11) is 0. The third-order valence-corrected chi connectivity index (χ3v) is 4.21. The first-order valence-electron chi connectivity index (χ1n) is 9.11. The van der Waals surface area contributed by atoms with Gasteiger partial charge in [-0.25, -0.2) is 4.39 Å². The van der Waals surface area contributed by atoms with E-state index in [1.165, 1.54) is 24.3 Å². The average molecular weight is 398 g/mol. The summed E-state index contributed by atoms with van der Waals surface area (Å²) in [4.78, 5) is 0. The van der Waals surface area contributed by atoms with E-state index in [-0.39, 0.29) is 11.6 Å². The van der Waals surface area contributed by atoms with E-state index in [1.807, 2.05) is 6.07 Å². The molecule has 0 bridgehead atoms. The number of rotatable bonds is 4. The standard InChI is InChI=1S/C24H18F4O/c1-2-3-19-10-15-22(23(25)16-19)20-11-6-17(7-12-20)4-5-18-8-13-21(14-9-18)29-24(26,27)28/h6-16H,2-3H2,1H3. The lowest BCUT2D eigenvalue weighted by Gasteiger charge is -2.08. The summed E-state index contributed by atoms with van der Waals surface area (Å²) in [5.74, 6) is 5.28. The van der Waals surface area contributed by atoms with Gasteiger partial charge < -0.3 is 4.74 Å². The van der Waals surface area contributed by atoms with Crippen molar-refractivity contribution in [1.29, 1.82) is 0 Å². The fourth-order valence-corrected chi connectivity index (χ4v) is 2.85. The quantitative estimate of drug-likeness (QED) is 0.349. The molecule has 0 saturated heterocycles. The van der Waals surface area contributed by atoms with Crippen LogP contribution >= 0.6 is 0 Å². The molecule has 3 aromatic carbocycles. The summed E-state index contributed by atoms with van der Waals surface area (Å²) >= 11 is 0. The highest BCUT2D eigenvalue weighted by Crippen LogP contribution is 2.25. The number of halogens is 4. The third-order valence-electron chi connectivity index (χ3n) is 4.21. The van der Waals surface area contributed by atoms with Crippen molar-refractivity contribution >= 4 is 0 Å². The van der Waals surface area contributed by atoms with Crippen LogP contribution in [0, 0.1) is 17.7 Å². The Morgan fingerprint density at radius 3 is 1.93 bits per heavy atom. The van der Waals surface area contributed by atoms with Crippen LogP contribution in [0.2, 0.25) is 0 Å². The molecule has 0 radical (unpaired) electrons. The van der Waals surface area contributed by atoms with Gasteiger partial charge >= 0.3 is 6.36 Å². The average Bonchev–Trinajstić information content (AvgIpc) is 2.67. The molecule has 0 unspecified atom stereocenters. The van der Waals surface area contributed by atoms with E-state index in [0.717, 1.165) is 24.0 Å². The van der Waals surface area contributed by atoms with E-state index in [4.69, 9.17) is 0 Å². The summed E-state index contributed by atoms with van der Waals surface area (Å²) in [6.45, 7) is 2.05. The van der Waals surface area contributed by atoms with Crippen LogP contribution in [0.5, 0.6) is 5.75 Å². The minimum Gasteiger partial charge on any atom is -0.406 e. The molecule has 0 fully saturated rings. The Hall–Kier alpha value is -3.26. The summed E-state index contributed by atoms with van der Waals surface area (Å²) in [6, 6.07) is 17.8. The van der Waals surface area contributed by atoms with E-state index in [0.29, 0.717) is 16.7 Å². The van der Waals surface area contributed by atoms with Crippen molar-refractivity contribution < 1.29 is 22.3 Å². The van der Waals surface area contributed by atoms with Gasteiger partial charge in [-0.3, -0.25) is 0 Å². The molecule has 0 aliphatic rings. The molecule has 0 aliphatic heterocycles. The van der Waals surface area contributed by atoms with Crippen molar-refractivity contribution in [3.05, 3.63) is 89.2 Å². The summed E-state index contributed by atoms with van der Waals surface area (Å²) in [6.07, 6.45) is -2.91. The maximum Gasteiger partial charge on any atom is 0.573 e. The Morgan fingerprint density at radius 2 is 1.41 bits per heavy atom. The molecule has 148 valence electrons. The minimum atomic E-state index is -4.72. The highest BCUT2D eigenvalue weighted by molar-refractivity contribution is 5.65. The number of aryl methyl sites for hydroxylation is 1. The molecule has 0 aromatic heterocycles. The van der Waals surface area contributed by atoms with E-state index in [9.17, 15) is 17.6 Å². The summed E-state index contributed by atoms with van der Waals surface area (Å²) in [5, 5.41) is 0. The van der Waals surface area contributed by atoms with Crippen molar-refractivity contribution in [2.24, 2.45) is 0 Å². The first-order chi connectivity index (χ1) is 13.8. The van der Waals surface area contributed by atoms with Gasteiger partial charge in [-0.2, -0.15) is 0 Å². The van der Waals surface area contributed by atoms with E-state index < -0.39 is 6.36 Å². The second-order valence-corrected chi connectivity index (χ2v) is 6.46. The van der Waals surface area contributed by atoms with Gasteiger partial charge in [0.15, 0.2) is 0 Å². The van der Waals surface area contributed by atoms with Crippen molar-refractivity contribution in [1.82, 2.24) is 0 Å². The smallest absolute Gasteiger partial charge is 0.406 e. The molecular weight excluding hydrogens is 380 g/mol. The minimum absolute atomic E-state index is 0.254. The number of benzene rings is 3. The molecule has 3 aromatic rings. The SMILES string of the molecule is CCCc1ccc(-c2ccc(C#Cc3ccc(OC(F)(F)F)cc3)cc2)c(F)c1. The van der Waals surface area contributed by atoms with Gasteiger partial charge in [0.2, 0.25) is 0 Å². The third kappa shape index (κ3) is 5.86. The Kier molecular flexibility index (Phi) is 6.23. The van der Waals surface area contributed by atoms with E-state index >= 15 is 0 Å². The van der Waals surface area contributed by atoms with Crippen LogP contribution in [-0.4, -0.2) is 6.36 Å². The maximum atomic E-state index is 14.4. The maximum absolute atomic E-state index is 14.4. The molecule has 0 spiro atoms. The van der Waals surface area contributed by atoms with Crippen LogP contribution in [0.1, 0.15) is 30.0 Å². The zero-order valence-electron chi connectivity index (χ0n) is 15.7. The van der Waals surface area contributed by atoms with Gasteiger partial charge in [0.25, 0.3) is 0 Å². The fourth-order valence-electron chi connectivity index (χ4n) is 2.85. The molecular formula is C24H18F4O. The van der Waals surface area contributed by atoms with E-state index in [1.54, 1.807) is 36.4 Å². The molecule has 0 heterocycles. The van der Waals surface area contributed by atoms with Gasteiger partial charge in [0.1, 0.15) is 11.6 Å². The number of alkyl halides is 3. The molecule has 0 saturated carbocycles. The Morgan fingerprint density at radius 1 is 0.828 bits per heavy atom. The molecule has 29 heavy (non-hydrogen) atoms. The summed E-state index contributed by atoms with van der Waals surface area (Å²) < 4.78 is 54.7. The van der Waals surface area contributed by atoms with Gasteiger partial charge in [-0.1, -0.05) is 49.5 Å². The van der Waals surface area contributed by atoms with Crippen molar-refractivity contribution in [3.8, 4) is 28.7 Å². The lowest BCUT2D eigenvalue weighted by atomic mass is 10.0. The zero-order chi connectivity index (χ0) is 20.9. The van der Waals surface area contributed by atoms with Gasteiger partial charge in [-0.05, 0) is 60.0 Å². The van der Waals surface area contributed by atoms with Gasteiger partial charge in [0.05, 0.1) is 0 Å². The summed E-state index contributed by atoms with van der Waals surface area (Å²) in [5.41, 5.74) is 3.53. The predicted octanol–water partition coefficient (Wildman–Crippen LogP) is 6.74. The largest absolute Gasteiger partial charge is 0.573 e. The second-order valence-electron chi connectivity index (χ2n) is 6.46. The van der Waals surface area contributed by atoms with Crippen LogP contribution in [0.25, 0.3) is 11.1 Å².